The summed E-state index contributed by atoms with van der Waals surface area (Å²) in [6, 6.07) is 9.14. The highest BCUT2D eigenvalue weighted by molar-refractivity contribution is 5.92. The van der Waals surface area contributed by atoms with Crippen LogP contribution in [-0.4, -0.2) is 31.1 Å². The third-order valence-electron chi connectivity index (χ3n) is 3.20. The van der Waals surface area contributed by atoms with Crippen LogP contribution >= 0.6 is 0 Å². The van der Waals surface area contributed by atoms with E-state index >= 15 is 0 Å². The van der Waals surface area contributed by atoms with Crippen molar-refractivity contribution >= 4 is 5.97 Å². The molecule has 0 saturated heterocycles. The van der Waals surface area contributed by atoms with Crippen molar-refractivity contribution in [2.75, 3.05) is 0 Å². The maximum Gasteiger partial charge on any atom is 0.416 e. The van der Waals surface area contributed by atoms with E-state index < -0.39 is 23.4 Å². The Morgan fingerprint density at radius 3 is 2.54 bits per heavy atom. The minimum absolute atomic E-state index is 0.00224. The minimum Gasteiger partial charge on any atom is -0.476 e. The van der Waals surface area contributed by atoms with Gasteiger partial charge in [0.1, 0.15) is 5.69 Å². The highest BCUT2D eigenvalue weighted by Gasteiger charge is 2.31. The summed E-state index contributed by atoms with van der Waals surface area (Å²) in [5.74, 6) is -1.35. The lowest BCUT2D eigenvalue weighted by Crippen LogP contribution is -2.08. The fourth-order valence-corrected chi connectivity index (χ4v) is 2.15. The molecule has 0 spiro atoms. The maximum absolute atomic E-state index is 12.9. The van der Waals surface area contributed by atoms with E-state index in [1.165, 1.54) is 24.4 Å². The Bertz CT molecular complexity index is 891. The van der Waals surface area contributed by atoms with Crippen molar-refractivity contribution in [3.8, 4) is 17.1 Å². The number of alkyl halides is 3. The van der Waals surface area contributed by atoms with E-state index in [1.54, 1.807) is 12.1 Å². The second-order valence-corrected chi connectivity index (χ2v) is 4.77. The largest absolute Gasteiger partial charge is 0.476 e. The van der Waals surface area contributed by atoms with Crippen LogP contribution in [0.4, 0.5) is 13.2 Å². The summed E-state index contributed by atoms with van der Waals surface area (Å²) in [5, 5.41) is 16.5. The first-order chi connectivity index (χ1) is 11.4. The molecule has 0 amide bonds. The first-order valence-corrected chi connectivity index (χ1v) is 6.66. The SMILES string of the molecule is O=C(O)c1nnn(-c2cccc(C(F)(F)F)c2)c1-c1ccccn1. The second-order valence-electron chi connectivity index (χ2n) is 4.77. The Hall–Kier alpha value is -3.23. The van der Waals surface area contributed by atoms with Crippen LogP contribution in [0.3, 0.4) is 0 Å². The van der Waals surface area contributed by atoms with Crippen molar-refractivity contribution < 1.29 is 23.1 Å². The fourth-order valence-electron chi connectivity index (χ4n) is 2.15. The average molecular weight is 334 g/mol. The summed E-state index contributed by atoms with van der Waals surface area (Å²) < 4.78 is 39.7. The topological polar surface area (TPSA) is 80.9 Å². The van der Waals surface area contributed by atoms with Gasteiger partial charge in [-0.2, -0.15) is 13.2 Å². The molecule has 0 aliphatic heterocycles. The molecule has 3 aromatic rings. The lowest BCUT2D eigenvalue weighted by molar-refractivity contribution is -0.137. The average Bonchev–Trinajstić information content (AvgIpc) is 3.00. The number of pyridine rings is 1. The normalized spacial score (nSPS) is 11.5. The molecule has 0 unspecified atom stereocenters. The Morgan fingerprint density at radius 1 is 1.12 bits per heavy atom. The number of benzene rings is 1. The van der Waals surface area contributed by atoms with Gasteiger partial charge in [-0.1, -0.05) is 17.3 Å². The molecule has 0 radical (unpaired) electrons. The second kappa shape index (κ2) is 5.76. The zero-order valence-corrected chi connectivity index (χ0v) is 11.9. The van der Waals surface area contributed by atoms with Gasteiger partial charge in [-0.15, -0.1) is 5.10 Å². The summed E-state index contributed by atoms with van der Waals surface area (Å²) >= 11 is 0. The molecular formula is C15H9F3N4O2. The van der Waals surface area contributed by atoms with Crippen LogP contribution < -0.4 is 0 Å². The van der Waals surface area contributed by atoms with E-state index in [-0.39, 0.29) is 17.1 Å². The van der Waals surface area contributed by atoms with Gasteiger partial charge in [0.05, 0.1) is 16.9 Å². The van der Waals surface area contributed by atoms with E-state index in [9.17, 15) is 23.1 Å². The van der Waals surface area contributed by atoms with Crippen LogP contribution in [0.5, 0.6) is 0 Å². The number of aromatic nitrogens is 4. The summed E-state index contributed by atoms with van der Waals surface area (Å²) in [4.78, 5) is 15.4. The molecule has 122 valence electrons. The molecule has 0 atom stereocenters. The Labute approximate surface area is 133 Å². The van der Waals surface area contributed by atoms with E-state index in [4.69, 9.17) is 0 Å². The summed E-state index contributed by atoms with van der Waals surface area (Å²) in [5.41, 5.74) is -1.00. The van der Waals surface area contributed by atoms with Crippen molar-refractivity contribution in [2.24, 2.45) is 0 Å². The Balaban J connectivity index is 2.22. The third-order valence-corrected chi connectivity index (χ3v) is 3.20. The van der Waals surface area contributed by atoms with Crippen molar-refractivity contribution in [2.45, 2.75) is 6.18 Å². The van der Waals surface area contributed by atoms with Gasteiger partial charge in [0.15, 0.2) is 5.69 Å². The van der Waals surface area contributed by atoms with Crippen LogP contribution in [0.25, 0.3) is 17.1 Å². The maximum atomic E-state index is 12.9. The number of nitrogens with zero attached hydrogens (tertiary/aromatic N) is 4. The number of hydrogen-bond donors (Lipinski definition) is 1. The highest BCUT2D eigenvalue weighted by atomic mass is 19.4. The van der Waals surface area contributed by atoms with Crippen LogP contribution in [-0.2, 0) is 6.18 Å². The fraction of sp³-hybridized carbons (Fsp3) is 0.0667. The Morgan fingerprint density at radius 2 is 1.92 bits per heavy atom. The van der Waals surface area contributed by atoms with Gasteiger partial charge in [0.25, 0.3) is 0 Å². The minimum atomic E-state index is -4.53. The van der Waals surface area contributed by atoms with Crippen LogP contribution in [0.2, 0.25) is 0 Å². The molecule has 0 aliphatic rings. The highest BCUT2D eigenvalue weighted by Crippen LogP contribution is 2.31. The summed E-state index contributed by atoms with van der Waals surface area (Å²) in [6.45, 7) is 0. The number of aromatic carboxylic acids is 1. The van der Waals surface area contributed by atoms with Gasteiger partial charge in [0, 0.05) is 6.20 Å². The molecule has 2 aromatic heterocycles. The molecule has 9 heteroatoms. The monoisotopic (exact) mass is 334 g/mol. The number of rotatable bonds is 3. The van der Waals surface area contributed by atoms with E-state index in [0.29, 0.717) is 0 Å². The van der Waals surface area contributed by atoms with Gasteiger partial charge in [0.2, 0.25) is 0 Å². The predicted octanol–water partition coefficient (Wildman–Crippen LogP) is 3.05. The van der Waals surface area contributed by atoms with Crippen molar-refractivity contribution in [3.63, 3.8) is 0 Å². The van der Waals surface area contributed by atoms with E-state index in [0.717, 1.165) is 16.8 Å². The standard InChI is InChI=1S/C15H9F3N4O2/c16-15(17,18)9-4-3-5-10(8-9)22-13(11-6-1-2-7-19-11)12(14(23)24)20-21-22/h1-8H,(H,23,24). The van der Waals surface area contributed by atoms with Gasteiger partial charge >= 0.3 is 12.1 Å². The number of halogens is 3. The van der Waals surface area contributed by atoms with E-state index in [2.05, 4.69) is 15.3 Å². The molecule has 24 heavy (non-hydrogen) atoms. The molecule has 3 rings (SSSR count). The third kappa shape index (κ3) is 2.83. The Kier molecular flexibility index (Phi) is 3.76. The number of carboxylic acids is 1. The van der Waals surface area contributed by atoms with Gasteiger partial charge < -0.3 is 5.11 Å². The van der Waals surface area contributed by atoms with Gasteiger partial charge in [-0.25, -0.2) is 9.48 Å². The van der Waals surface area contributed by atoms with Crippen molar-refractivity contribution in [3.05, 3.63) is 59.9 Å². The molecular weight excluding hydrogens is 325 g/mol. The van der Waals surface area contributed by atoms with Crippen LogP contribution in [0, 0.1) is 0 Å². The molecule has 1 N–H and O–H groups in total. The first kappa shape index (κ1) is 15.7. The molecule has 1 aromatic carbocycles. The van der Waals surface area contributed by atoms with Gasteiger partial charge in [-0.3, -0.25) is 4.98 Å². The zero-order chi connectivity index (χ0) is 17.3. The molecule has 2 heterocycles. The molecule has 0 fully saturated rings. The predicted molar refractivity (Wildman–Crippen MR) is 76.6 cm³/mol. The molecule has 0 aliphatic carbocycles. The lowest BCUT2D eigenvalue weighted by atomic mass is 10.1. The number of carboxylic acid groups (broad SMARTS) is 1. The smallest absolute Gasteiger partial charge is 0.416 e. The van der Waals surface area contributed by atoms with Crippen LogP contribution in [0.15, 0.2) is 48.7 Å². The summed E-state index contributed by atoms with van der Waals surface area (Å²) in [6.07, 6.45) is -3.10. The van der Waals surface area contributed by atoms with Gasteiger partial charge in [-0.05, 0) is 30.3 Å². The zero-order valence-electron chi connectivity index (χ0n) is 11.9. The van der Waals surface area contributed by atoms with Crippen LogP contribution in [0.1, 0.15) is 16.1 Å². The number of carbonyl (C=O) groups is 1. The van der Waals surface area contributed by atoms with Crippen molar-refractivity contribution in [1.82, 2.24) is 20.0 Å². The number of hydrogen-bond acceptors (Lipinski definition) is 4. The van der Waals surface area contributed by atoms with Crippen molar-refractivity contribution in [1.29, 1.82) is 0 Å². The van der Waals surface area contributed by atoms with E-state index in [1.807, 2.05) is 0 Å². The molecule has 6 nitrogen and oxygen atoms in total. The molecule has 0 saturated carbocycles. The molecule has 0 bridgehead atoms. The quantitative estimate of drug-likeness (QED) is 0.796. The summed E-state index contributed by atoms with van der Waals surface area (Å²) in [7, 11) is 0. The first-order valence-electron chi connectivity index (χ1n) is 6.66. The lowest BCUT2D eigenvalue weighted by Gasteiger charge is -2.10.